The minimum absolute atomic E-state index is 0.170. The first kappa shape index (κ1) is 17.9. The van der Waals surface area contributed by atoms with Gasteiger partial charge in [-0.1, -0.05) is 70.2 Å². The summed E-state index contributed by atoms with van der Waals surface area (Å²) in [6.07, 6.45) is 9.95. The largest absolute Gasteiger partial charge is 0.299 e. The van der Waals surface area contributed by atoms with Crippen LogP contribution in [0.4, 0.5) is 0 Å². The van der Waals surface area contributed by atoms with E-state index < -0.39 is 0 Å². The molecular formula is C21H30O2. The van der Waals surface area contributed by atoms with Gasteiger partial charge in [-0.3, -0.25) is 9.59 Å². The summed E-state index contributed by atoms with van der Waals surface area (Å²) in [4.78, 5) is 24.8. The predicted octanol–water partition coefficient (Wildman–Crippen LogP) is 5.63. The van der Waals surface area contributed by atoms with E-state index in [2.05, 4.69) is 6.92 Å². The third-order valence-corrected chi connectivity index (χ3v) is 5.33. The molecule has 0 N–H and O–H groups in total. The number of carbonyl (C=O) groups is 2. The van der Waals surface area contributed by atoms with Gasteiger partial charge in [0.1, 0.15) is 5.78 Å². The van der Waals surface area contributed by atoms with Gasteiger partial charge in [0.05, 0.1) is 5.41 Å². The Hall–Kier alpha value is -1.44. The Balaban J connectivity index is 2.23. The maximum Gasteiger partial charge on any atom is 0.162 e. The summed E-state index contributed by atoms with van der Waals surface area (Å²) in [5.41, 5.74) is 1.60. The highest BCUT2D eigenvalue weighted by Gasteiger charge is 2.40. The molecule has 23 heavy (non-hydrogen) atoms. The van der Waals surface area contributed by atoms with E-state index in [1.54, 1.807) is 0 Å². The molecule has 1 aliphatic rings. The van der Waals surface area contributed by atoms with Crippen LogP contribution in [0.1, 0.15) is 94.0 Å². The molecule has 1 aromatic rings. The zero-order valence-corrected chi connectivity index (χ0v) is 14.7. The molecule has 1 saturated carbocycles. The normalized spacial score (nSPS) is 17.0. The minimum Gasteiger partial charge on any atom is -0.299 e. The first-order valence-corrected chi connectivity index (χ1v) is 9.31. The zero-order chi connectivity index (χ0) is 16.7. The Bertz CT molecular complexity index is 521. The number of Topliss-reactive ketones (excluding diaryl/α,β-unsaturated/α-hetero) is 2. The Labute approximate surface area is 140 Å². The summed E-state index contributed by atoms with van der Waals surface area (Å²) >= 11 is 0. The highest BCUT2D eigenvalue weighted by atomic mass is 16.1. The van der Waals surface area contributed by atoms with Crippen LogP contribution in [0.2, 0.25) is 0 Å². The highest BCUT2D eigenvalue weighted by Crippen LogP contribution is 2.41. The second kappa shape index (κ2) is 8.42. The lowest BCUT2D eigenvalue weighted by atomic mass is 9.65. The van der Waals surface area contributed by atoms with Gasteiger partial charge < -0.3 is 0 Å². The van der Waals surface area contributed by atoms with Gasteiger partial charge in [-0.05, 0) is 24.8 Å². The van der Waals surface area contributed by atoms with Gasteiger partial charge in [-0.2, -0.15) is 0 Å². The molecule has 0 unspecified atom stereocenters. The van der Waals surface area contributed by atoms with Crippen molar-refractivity contribution in [3.63, 3.8) is 0 Å². The van der Waals surface area contributed by atoms with Crippen molar-refractivity contribution in [2.45, 2.75) is 83.5 Å². The van der Waals surface area contributed by atoms with Gasteiger partial charge in [0.25, 0.3) is 0 Å². The maximum absolute atomic E-state index is 13.0. The van der Waals surface area contributed by atoms with Crippen molar-refractivity contribution in [2.75, 3.05) is 0 Å². The molecule has 2 rings (SSSR count). The fourth-order valence-electron chi connectivity index (χ4n) is 3.84. The fraction of sp³-hybridized carbons (Fsp3) is 0.619. The van der Waals surface area contributed by atoms with Gasteiger partial charge in [0.15, 0.2) is 5.78 Å². The molecule has 2 nitrogen and oxygen atoms in total. The molecule has 0 radical (unpaired) electrons. The van der Waals surface area contributed by atoms with E-state index in [4.69, 9.17) is 0 Å². The van der Waals surface area contributed by atoms with Crippen molar-refractivity contribution in [3.8, 4) is 0 Å². The summed E-state index contributed by atoms with van der Waals surface area (Å²) in [5.74, 6) is 0.587. The van der Waals surface area contributed by atoms with Crippen molar-refractivity contribution in [3.05, 3.63) is 35.4 Å². The Morgan fingerprint density at radius 1 is 0.957 bits per heavy atom. The minimum atomic E-state index is -0.292. The number of rotatable bonds is 8. The summed E-state index contributed by atoms with van der Waals surface area (Å²) in [6.45, 7) is 4.06. The second-order valence-corrected chi connectivity index (χ2v) is 6.88. The average Bonchev–Trinajstić information content (AvgIpc) is 2.62. The Morgan fingerprint density at radius 3 is 2.17 bits per heavy atom. The number of unbranched alkanes of at least 4 members (excludes halogenated alkanes) is 2. The van der Waals surface area contributed by atoms with Crippen LogP contribution in [0.3, 0.4) is 0 Å². The van der Waals surface area contributed by atoms with Crippen LogP contribution in [0.25, 0.3) is 0 Å². The van der Waals surface area contributed by atoms with Crippen LogP contribution >= 0.6 is 0 Å². The number of benzene rings is 1. The van der Waals surface area contributed by atoms with E-state index in [0.29, 0.717) is 18.6 Å². The van der Waals surface area contributed by atoms with Crippen LogP contribution < -0.4 is 0 Å². The van der Waals surface area contributed by atoms with E-state index in [9.17, 15) is 9.59 Å². The van der Waals surface area contributed by atoms with Gasteiger partial charge in [-0.25, -0.2) is 0 Å². The molecular weight excluding hydrogens is 284 g/mol. The third-order valence-electron chi connectivity index (χ3n) is 5.33. The fourth-order valence-corrected chi connectivity index (χ4v) is 3.84. The van der Waals surface area contributed by atoms with E-state index >= 15 is 0 Å². The van der Waals surface area contributed by atoms with E-state index in [0.717, 1.165) is 56.1 Å². The molecule has 0 heterocycles. The smallest absolute Gasteiger partial charge is 0.162 e. The summed E-state index contributed by atoms with van der Waals surface area (Å²) < 4.78 is 0. The van der Waals surface area contributed by atoms with Crippen molar-refractivity contribution in [1.82, 2.24) is 0 Å². The monoisotopic (exact) mass is 314 g/mol. The molecule has 2 heteroatoms. The lowest BCUT2D eigenvalue weighted by molar-refractivity contribution is -0.126. The summed E-state index contributed by atoms with van der Waals surface area (Å²) in [5, 5.41) is 0. The molecule has 0 bridgehead atoms. The molecule has 126 valence electrons. The standard InChI is InChI=1S/C21H30O2/c1-3-5-7-10-20(23)21(15-8-6-9-16-21)18-13-11-17(12-14-18)19(22)4-2/h11-14H,3-10,15-16H2,1-2H3. The van der Waals surface area contributed by atoms with Gasteiger partial charge >= 0.3 is 0 Å². The molecule has 1 aliphatic carbocycles. The number of hydrogen-bond donors (Lipinski definition) is 0. The molecule has 1 aromatic carbocycles. The van der Waals surface area contributed by atoms with Gasteiger partial charge in [-0.15, -0.1) is 0 Å². The topological polar surface area (TPSA) is 34.1 Å². The Kier molecular flexibility index (Phi) is 6.56. The molecule has 0 atom stereocenters. The molecule has 0 saturated heterocycles. The first-order chi connectivity index (χ1) is 11.1. The molecule has 0 aliphatic heterocycles. The van der Waals surface area contributed by atoms with Crippen LogP contribution in [-0.2, 0) is 10.2 Å². The first-order valence-electron chi connectivity index (χ1n) is 9.31. The van der Waals surface area contributed by atoms with E-state index in [1.165, 1.54) is 6.42 Å². The van der Waals surface area contributed by atoms with Crippen molar-refractivity contribution >= 4 is 11.6 Å². The molecule has 0 aromatic heterocycles. The summed E-state index contributed by atoms with van der Waals surface area (Å²) in [6, 6.07) is 7.89. The van der Waals surface area contributed by atoms with Crippen molar-refractivity contribution in [1.29, 1.82) is 0 Å². The number of carbonyl (C=O) groups excluding carboxylic acids is 2. The number of ketones is 2. The predicted molar refractivity (Wildman–Crippen MR) is 95.0 cm³/mol. The van der Waals surface area contributed by atoms with Crippen LogP contribution in [0.5, 0.6) is 0 Å². The second-order valence-electron chi connectivity index (χ2n) is 6.88. The van der Waals surface area contributed by atoms with Gasteiger partial charge in [0.2, 0.25) is 0 Å². The quantitative estimate of drug-likeness (QED) is 0.460. The lowest BCUT2D eigenvalue weighted by Crippen LogP contribution is -2.38. The maximum atomic E-state index is 13.0. The highest BCUT2D eigenvalue weighted by molar-refractivity contribution is 5.96. The van der Waals surface area contributed by atoms with Crippen molar-refractivity contribution < 1.29 is 9.59 Å². The molecule has 0 spiro atoms. The van der Waals surface area contributed by atoms with Gasteiger partial charge in [0, 0.05) is 18.4 Å². The van der Waals surface area contributed by atoms with Crippen LogP contribution in [0, 0.1) is 0 Å². The molecule has 0 amide bonds. The van der Waals surface area contributed by atoms with Crippen molar-refractivity contribution in [2.24, 2.45) is 0 Å². The average molecular weight is 314 g/mol. The Morgan fingerprint density at radius 2 is 1.61 bits per heavy atom. The summed E-state index contributed by atoms with van der Waals surface area (Å²) in [7, 11) is 0. The number of hydrogen-bond acceptors (Lipinski definition) is 2. The molecule has 1 fully saturated rings. The van der Waals surface area contributed by atoms with E-state index in [-0.39, 0.29) is 11.2 Å². The van der Waals surface area contributed by atoms with Crippen LogP contribution in [0.15, 0.2) is 24.3 Å². The van der Waals surface area contributed by atoms with E-state index in [1.807, 2.05) is 31.2 Å². The SMILES string of the molecule is CCCCCC(=O)C1(c2ccc(C(=O)CC)cc2)CCCCC1. The van der Waals surface area contributed by atoms with Crippen LogP contribution in [-0.4, -0.2) is 11.6 Å². The third kappa shape index (κ3) is 4.10. The zero-order valence-electron chi connectivity index (χ0n) is 14.7. The lowest BCUT2D eigenvalue weighted by Gasteiger charge is -2.36.